The zero-order valence-electron chi connectivity index (χ0n) is 6.23. The van der Waals surface area contributed by atoms with E-state index in [0.29, 0.717) is 18.1 Å². The Hall–Kier alpha value is -0.910. The van der Waals surface area contributed by atoms with Gasteiger partial charge in [0.2, 0.25) is 0 Å². The summed E-state index contributed by atoms with van der Waals surface area (Å²) in [6, 6.07) is 0. The maximum atomic E-state index is 10.6. The predicted octanol–water partition coefficient (Wildman–Crippen LogP) is -0.761. The molecule has 1 aromatic heterocycles. The Balaban J connectivity index is 2.45. The van der Waals surface area contributed by atoms with Crippen molar-refractivity contribution in [2.75, 3.05) is 17.7 Å². The van der Waals surface area contributed by atoms with Crippen molar-refractivity contribution in [1.82, 2.24) is 15.0 Å². The van der Waals surface area contributed by atoms with Crippen LogP contribution >= 0.6 is 0 Å². The molecule has 0 saturated carbocycles. The third-order valence-electron chi connectivity index (χ3n) is 1.13. The van der Waals surface area contributed by atoms with Crippen LogP contribution in [0.5, 0.6) is 0 Å². The van der Waals surface area contributed by atoms with Gasteiger partial charge >= 0.3 is 0 Å². The number of aryl methyl sites for hydroxylation is 1. The van der Waals surface area contributed by atoms with Crippen LogP contribution in [0, 0.1) is 0 Å². The van der Waals surface area contributed by atoms with Crippen LogP contribution in [0.4, 0.5) is 5.82 Å². The molecule has 0 bridgehead atoms. The van der Waals surface area contributed by atoms with Crippen molar-refractivity contribution >= 4 is 16.6 Å². The first-order chi connectivity index (χ1) is 5.18. The molecule has 11 heavy (non-hydrogen) atoms. The Morgan fingerprint density at radius 2 is 2.55 bits per heavy atom. The molecule has 62 valence electrons. The molecular formula is C5H10N4OS. The third kappa shape index (κ3) is 2.67. The molecule has 0 aliphatic carbocycles. The number of nitrogen functional groups attached to an aromatic ring is 1. The van der Waals surface area contributed by atoms with Gasteiger partial charge in [-0.15, -0.1) is 5.10 Å². The highest BCUT2D eigenvalue weighted by atomic mass is 32.2. The summed E-state index contributed by atoms with van der Waals surface area (Å²) < 4.78 is 10.6. The topological polar surface area (TPSA) is 73.8 Å². The molecule has 0 radical (unpaired) electrons. The monoisotopic (exact) mass is 174 g/mol. The second kappa shape index (κ2) is 3.47. The van der Waals surface area contributed by atoms with E-state index in [1.54, 1.807) is 6.26 Å². The molecule has 0 amide bonds. The standard InChI is InChI=1S/C5H10N4OS/c1-11(10)3-2-9-7-4-5(6)8-9/h4H,2-3H2,1H3,(H2,6,8). The van der Waals surface area contributed by atoms with E-state index in [4.69, 9.17) is 5.73 Å². The molecule has 1 unspecified atom stereocenters. The Morgan fingerprint density at radius 3 is 3.00 bits per heavy atom. The smallest absolute Gasteiger partial charge is 0.165 e. The van der Waals surface area contributed by atoms with Gasteiger partial charge in [0.15, 0.2) is 5.82 Å². The molecule has 0 saturated heterocycles. The molecule has 0 spiro atoms. The SMILES string of the molecule is CS(=O)CCn1ncc(N)n1. The van der Waals surface area contributed by atoms with Gasteiger partial charge in [-0.25, -0.2) is 0 Å². The van der Waals surface area contributed by atoms with Crippen LogP contribution in [-0.4, -0.2) is 31.2 Å². The molecule has 0 aromatic carbocycles. The highest BCUT2D eigenvalue weighted by Gasteiger charge is 1.96. The van der Waals surface area contributed by atoms with E-state index in [1.165, 1.54) is 11.0 Å². The van der Waals surface area contributed by atoms with Crippen molar-refractivity contribution in [3.8, 4) is 0 Å². The molecule has 1 atom stereocenters. The first-order valence-corrected chi connectivity index (χ1v) is 4.87. The van der Waals surface area contributed by atoms with Crippen molar-refractivity contribution in [2.45, 2.75) is 6.54 Å². The lowest BCUT2D eigenvalue weighted by Gasteiger charge is -1.94. The van der Waals surface area contributed by atoms with E-state index >= 15 is 0 Å². The number of nitrogens with two attached hydrogens (primary N) is 1. The fraction of sp³-hybridized carbons (Fsp3) is 0.600. The van der Waals surface area contributed by atoms with E-state index in [9.17, 15) is 4.21 Å². The van der Waals surface area contributed by atoms with Gasteiger partial charge in [-0.05, 0) is 0 Å². The molecule has 5 nitrogen and oxygen atoms in total. The summed E-state index contributed by atoms with van der Waals surface area (Å²) in [6.07, 6.45) is 3.12. The fourth-order valence-electron chi connectivity index (χ4n) is 0.629. The Labute approximate surface area is 67.0 Å². The number of hydrogen-bond acceptors (Lipinski definition) is 4. The van der Waals surface area contributed by atoms with Crippen molar-refractivity contribution < 1.29 is 4.21 Å². The van der Waals surface area contributed by atoms with Gasteiger partial charge in [-0.3, -0.25) is 4.21 Å². The number of hydrogen-bond donors (Lipinski definition) is 1. The van der Waals surface area contributed by atoms with Crippen LogP contribution in [0.1, 0.15) is 0 Å². The van der Waals surface area contributed by atoms with Crippen LogP contribution in [0.15, 0.2) is 6.20 Å². The van der Waals surface area contributed by atoms with Gasteiger partial charge in [0, 0.05) is 22.8 Å². The quantitative estimate of drug-likeness (QED) is 0.653. The van der Waals surface area contributed by atoms with Gasteiger partial charge in [-0.2, -0.15) is 9.90 Å². The van der Waals surface area contributed by atoms with Gasteiger partial charge in [0.1, 0.15) is 0 Å². The lowest BCUT2D eigenvalue weighted by molar-refractivity contribution is 0.571. The molecule has 0 aliphatic heterocycles. The van der Waals surface area contributed by atoms with Crippen LogP contribution < -0.4 is 5.73 Å². The number of rotatable bonds is 3. The van der Waals surface area contributed by atoms with Crippen LogP contribution in [-0.2, 0) is 17.3 Å². The molecule has 6 heteroatoms. The minimum Gasteiger partial charge on any atom is -0.381 e. The second-order valence-electron chi connectivity index (χ2n) is 2.14. The first-order valence-electron chi connectivity index (χ1n) is 3.14. The van der Waals surface area contributed by atoms with Gasteiger partial charge in [-0.1, -0.05) is 0 Å². The summed E-state index contributed by atoms with van der Waals surface area (Å²) in [5.41, 5.74) is 5.31. The molecule has 2 N–H and O–H groups in total. The molecule has 1 aromatic rings. The van der Waals surface area contributed by atoms with E-state index < -0.39 is 10.8 Å². The van der Waals surface area contributed by atoms with Crippen molar-refractivity contribution in [1.29, 1.82) is 0 Å². The van der Waals surface area contributed by atoms with Crippen molar-refractivity contribution in [2.24, 2.45) is 0 Å². The minimum absolute atomic E-state index is 0.395. The Morgan fingerprint density at radius 1 is 1.82 bits per heavy atom. The maximum absolute atomic E-state index is 10.6. The lowest BCUT2D eigenvalue weighted by Crippen LogP contribution is -2.09. The summed E-state index contributed by atoms with van der Waals surface area (Å²) >= 11 is 0. The Kier molecular flexibility index (Phi) is 2.58. The lowest BCUT2D eigenvalue weighted by atomic mass is 10.8. The summed E-state index contributed by atoms with van der Waals surface area (Å²) in [5.74, 6) is 0.959. The van der Waals surface area contributed by atoms with Crippen LogP contribution in [0.25, 0.3) is 0 Å². The third-order valence-corrected chi connectivity index (χ3v) is 1.89. The van der Waals surface area contributed by atoms with Gasteiger partial charge < -0.3 is 5.73 Å². The van der Waals surface area contributed by atoms with E-state index in [1.807, 2.05) is 0 Å². The molecular weight excluding hydrogens is 164 g/mol. The summed E-state index contributed by atoms with van der Waals surface area (Å²) in [7, 11) is -0.798. The molecule has 0 aliphatic rings. The molecule has 0 fully saturated rings. The van der Waals surface area contributed by atoms with Crippen molar-refractivity contribution in [3.05, 3.63) is 6.20 Å². The van der Waals surface area contributed by atoms with Crippen LogP contribution in [0.3, 0.4) is 0 Å². The van der Waals surface area contributed by atoms with Gasteiger partial charge in [0.05, 0.1) is 12.7 Å². The first kappa shape index (κ1) is 8.19. The Bertz CT molecular complexity index is 259. The summed E-state index contributed by atoms with van der Waals surface area (Å²) in [6.45, 7) is 0.556. The van der Waals surface area contributed by atoms with E-state index in [2.05, 4.69) is 10.2 Å². The zero-order valence-corrected chi connectivity index (χ0v) is 7.04. The zero-order chi connectivity index (χ0) is 8.27. The average molecular weight is 174 g/mol. The van der Waals surface area contributed by atoms with E-state index in [-0.39, 0.29) is 0 Å². The summed E-state index contributed by atoms with van der Waals surface area (Å²) in [5, 5.41) is 7.67. The van der Waals surface area contributed by atoms with Gasteiger partial charge in [0.25, 0.3) is 0 Å². The predicted molar refractivity (Wildman–Crippen MR) is 43.4 cm³/mol. The fourth-order valence-corrected chi connectivity index (χ4v) is 1.05. The highest BCUT2D eigenvalue weighted by Crippen LogP contribution is 1.90. The molecule has 1 heterocycles. The molecule has 1 rings (SSSR count). The number of aromatic nitrogens is 3. The summed E-state index contributed by atoms with van der Waals surface area (Å²) in [4.78, 5) is 1.44. The maximum Gasteiger partial charge on any atom is 0.165 e. The second-order valence-corrected chi connectivity index (χ2v) is 3.70. The largest absolute Gasteiger partial charge is 0.381 e. The number of nitrogens with zero attached hydrogens (tertiary/aromatic N) is 3. The normalized spacial score (nSPS) is 13.2. The van der Waals surface area contributed by atoms with Crippen molar-refractivity contribution in [3.63, 3.8) is 0 Å². The highest BCUT2D eigenvalue weighted by molar-refractivity contribution is 7.84. The van der Waals surface area contributed by atoms with Crippen LogP contribution in [0.2, 0.25) is 0 Å². The average Bonchev–Trinajstić information content (AvgIpc) is 2.31. The van der Waals surface area contributed by atoms with E-state index in [0.717, 1.165) is 0 Å². The number of anilines is 1. The minimum atomic E-state index is -0.798.